The van der Waals surface area contributed by atoms with Crippen LogP contribution < -0.4 is 0 Å². The predicted molar refractivity (Wildman–Crippen MR) is 89.6 cm³/mol. The lowest BCUT2D eigenvalue weighted by atomic mass is 10.1. The van der Waals surface area contributed by atoms with Crippen molar-refractivity contribution >= 4 is 16.9 Å². The Morgan fingerprint density at radius 2 is 1.88 bits per heavy atom. The highest BCUT2D eigenvalue weighted by molar-refractivity contribution is 5.92. The van der Waals surface area contributed by atoms with Gasteiger partial charge in [-0.1, -0.05) is 25.0 Å². The van der Waals surface area contributed by atoms with Crippen LogP contribution in [0.2, 0.25) is 0 Å². The van der Waals surface area contributed by atoms with Crippen molar-refractivity contribution in [2.45, 2.75) is 50.7 Å². The highest BCUT2D eigenvalue weighted by Crippen LogP contribution is 2.26. The van der Waals surface area contributed by atoms with Gasteiger partial charge in [-0.2, -0.15) is 0 Å². The molecule has 1 aromatic heterocycles. The lowest BCUT2D eigenvalue weighted by Gasteiger charge is -2.30. The van der Waals surface area contributed by atoms with Gasteiger partial charge in [0.15, 0.2) is 0 Å². The van der Waals surface area contributed by atoms with E-state index in [4.69, 9.17) is 4.74 Å². The third-order valence-corrected chi connectivity index (χ3v) is 5.00. The number of aromatic nitrogens is 3. The summed E-state index contributed by atoms with van der Waals surface area (Å²) in [5.74, 6) is 0.0780. The summed E-state index contributed by atoms with van der Waals surface area (Å²) in [7, 11) is 0. The first-order valence-electron chi connectivity index (χ1n) is 8.83. The molecule has 0 radical (unpaired) electrons. The zero-order chi connectivity index (χ0) is 16.4. The van der Waals surface area contributed by atoms with E-state index < -0.39 is 0 Å². The summed E-state index contributed by atoms with van der Waals surface area (Å²) in [6, 6.07) is 7.78. The molecule has 24 heavy (non-hydrogen) atoms. The van der Waals surface area contributed by atoms with Gasteiger partial charge in [-0.05, 0) is 37.8 Å². The maximum absolute atomic E-state index is 13.1. The Labute approximate surface area is 141 Å². The number of fused-ring (bicyclic) bond motifs is 1. The normalized spacial score (nSPS) is 21.4. The molecule has 126 valence electrons. The second kappa shape index (κ2) is 6.81. The average molecular weight is 326 g/mol. The van der Waals surface area contributed by atoms with Crippen molar-refractivity contribution in [3.05, 3.63) is 30.1 Å². The fourth-order valence-corrected chi connectivity index (χ4v) is 3.72. The maximum Gasteiger partial charge on any atom is 0.293 e. The molecule has 1 unspecified atom stereocenters. The summed E-state index contributed by atoms with van der Waals surface area (Å²) in [6.45, 7) is 1.44. The largest absolute Gasteiger partial charge is 0.376 e. The van der Waals surface area contributed by atoms with Crippen LogP contribution in [-0.2, 0) is 4.74 Å². The Balaban J connectivity index is 1.60. The Bertz CT molecular complexity index is 724. The maximum atomic E-state index is 13.1. The molecular formula is C18H22N4O2. The summed E-state index contributed by atoms with van der Waals surface area (Å²) < 4.78 is 5.75. The van der Waals surface area contributed by atoms with E-state index in [9.17, 15) is 4.79 Å². The second-order valence-electron chi connectivity index (χ2n) is 6.65. The van der Waals surface area contributed by atoms with E-state index in [2.05, 4.69) is 15.2 Å². The van der Waals surface area contributed by atoms with Crippen LogP contribution in [0.15, 0.2) is 24.3 Å². The van der Waals surface area contributed by atoms with Crippen LogP contribution in [0.5, 0.6) is 0 Å². The molecule has 6 heteroatoms. The van der Waals surface area contributed by atoms with E-state index in [-0.39, 0.29) is 23.9 Å². The van der Waals surface area contributed by atoms with Gasteiger partial charge < -0.3 is 9.64 Å². The van der Waals surface area contributed by atoms with Crippen LogP contribution in [0.3, 0.4) is 0 Å². The first-order chi connectivity index (χ1) is 11.8. The van der Waals surface area contributed by atoms with Crippen LogP contribution >= 0.6 is 0 Å². The Morgan fingerprint density at radius 3 is 2.62 bits per heavy atom. The molecule has 1 saturated heterocycles. The number of hydrogen-bond donors (Lipinski definition) is 0. The predicted octanol–water partition coefficient (Wildman–Crippen LogP) is 2.59. The summed E-state index contributed by atoms with van der Waals surface area (Å²) in [6.07, 6.45) is 6.70. The number of hydrogen-bond acceptors (Lipinski definition) is 5. The number of amides is 1. The van der Waals surface area contributed by atoms with Crippen molar-refractivity contribution in [1.82, 2.24) is 20.1 Å². The molecule has 1 aromatic carbocycles. The third-order valence-electron chi connectivity index (χ3n) is 5.00. The van der Waals surface area contributed by atoms with Crippen LogP contribution in [-0.4, -0.2) is 51.3 Å². The van der Waals surface area contributed by atoms with E-state index in [0.717, 1.165) is 32.3 Å². The van der Waals surface area contributed by atoms with E-state index >= 15 is 0 Å². The Hall–Kier alpha value is -2.08. The minimum atomic E-state index is -0.115. The van der Waals surface area contributed by atoms with Gasteiger partial charge in [-0.3, -0.25) is 4.79 Å². The zero-order valence-electron chi connectivity index (χ0n) is 13.7. The molecule has 2 heterocycles. The van der Waals surface area contributed by atoms with E-state index in [0.29, 0.717) is 17.6 Å². The van der Waals surface area contributed by atoms with Crippen molar-refractivity contribution in [3.8, 4) is 0 Å². The average Bonchev–Trinajstić information content (AvgIpc) is 3.32. The van der Waals surface area contributed by atoms with Crippen molar-refractivity contribution < 1.29 is 9.53 Å². The van der Waals surface area contributed by atoms with Crippen LogP contribution in [0.1, 0.15) is 49.1 Å². The third kappa shape index (κ3) is 3.11. The Kier molecular flexibility index (Phi) is 4.38. The number of nitrogens with zero attached hydrogens (tertiary/aromatic N) is 4. The summed E-state index contributed by atoms with van der Waals surface area (Å²) in [5.41, 5.74) is 1.42. The second-order valence-corrected chi connectivity index (χ2v) is 6.65. The van der Waals surface area contributed by atoms with Crippen LogP contribution in [0.25, 0.3) is 11.0 Å². The fraction of sp³-hybridized carbons (Fsp3) is 0.556. The molecule has 2 aliphatic rings. The van der Waals surface area contributed by atoms with Gasteiger partial charge in [0, 0.05) is 19.2 Å². The molecule has 0 bridgehead atoms. The number of carbonyl (C=O) groups is 1. The van der Waals surface area contributed by atoms with E-state index in [1.807, 2.05) is 29.2 Å². The molecule has 2 aromatic rings. The minimum Gasteiger partial charge on any atom is -0.376 e. The van der Waals surface area contributed by atoms with Gasteiger partial charge in [-0.15, -0.1) is 10.2 Å². The Morgan fingerprint density at radius 1 is 1.08 bits per heavy atom. The smallest absolute Gasteiger partial charge is 0.293 e. The fourth-order valence-electron chi connectivity index (χ4n) is 3.72. The molecule has 6 nitrogen and oxygen atoms in total. The highest BCUT2D eigenvalue weighted by Gasteiger charge is 2.32. The van der Waals surface area contributed by atoms with E-state index in [1.165, 1.54) is 12.8 Å². The van der Waals surface area contributed by atoms with Gasteiger partial charge >= 0.3 is 0 Å². The summed E-state index contributed by atoms with van der Waals surface area (Å²) in [4.78, 5) is 19.4. The molecule has 1 aliphatic heterocycles. The van der Waals surface area contributed by atoms with Gasteiger partial charge in [0.1, 0.15) is 5.52 Å². The van der Waals surface area contributed by atoms with Crippen molar-refractivity contribution in [3.63, 3.8) is 0 Å². The number of carbonyl (C=O) groups excluding carboxylic acids is 1. The topological polar surface area (TPSA) is 68.2 Å². The first kappa shape index (κ1) is 15.4. The van der Waals surface area contributed by atoms with Crippen molar-refractivity contribution in [2.75, 3.05) is 13.2 Å². The monoisotopic (exact) mass is 326 g/mol. The molecule has 1 saturated carbocycles. The van der Waals surface area contributed by atoms with Gasteiger partial charge in [-0.25, -0.2) is 4.98 Å². The number of para-hydroxylation sites is 1. The van der Waals surface area contributed by atoms with Crippen molar-refractivity contribution in [2.24, 2.45) is 0 Å². The molecule has 1 amide bonds. The molecule has 4 rings (SSSR count). The summed E-state index contributed by atoms with van der Waals surface area (Å²) >= 11 is 0. The molecular weight excluding hydrogens is 304 g/mol. The summed E-state index contributed by atoms with van der Waals surface area (Å²) in [5, 5.41) is 8.23. The number of benzene rings is 1. The molecule has 2 fully saturated rings. The lowest BCUT2D eigenvalue weighted by Crippen LogP contribution is -2.44. The molecule has 0 N–H and O–H groups in total. The SMILES string of the molecule is O=C(c1nnc2ccccc2n1)N(CC1CCCO1)C1CCCC1. The zero-order valence-corrected chi connectivity index (χ0v) is 13.7. The quantitative estimate of drug-likeness (QED) is 0.864. The van der Waals surface area contributed by atoms with Crippen molar-refractivity contribution in [1.29, 1.82) is 0 Å². The highest BCUT2D eigenvalue weighted by atomic mass is 16.5. The number of ether oxygens (including phenoxy) is 1. The van der Waals surface area contributed by atoms with Gasteiger partial charge in [0.05, 0.1) is 11.6 Å². The lowest BCUT2D eigenvalue weighted by molar-refractivity contribution is 0.0411. The van der Waals surface area contributed by atoms with Gasteiger partial charge in [0.2, 0.25) is 5.82 Å². The van der Waals surface area contributed by atoms with Crippen LogP contribution in [0, 0.1) is 0 Å². The minimum absolute atomic E-state index is 0.115. The first-order valence-corrected chi connectivity index (χ1v) is 8.83. The molecule has 1 aliphatic carbocycles. The van der Waals surface area contributed by atoms with E-state index in [1.54, 1.807) is 0 Å². The number of rotatable bonds is 4. The van der Waals surface area contributed by atoms with Crippen LogP contribution in [0.4, 0.5) is 0 Å². The van der Waals surface area contributed by atoms with Gasteiger partial charge in [0.25, 0.3) is 5.91 Å². The molecule has 1 atom stereocenters. The standard InChI is InChI=1S/C18H22N4O2/c23-18(17-19-15-9-3-4-10-16(15)20-21-17)22(13-6-1-2-7-13)12-14-8-5-11-24-14/h3-4,9-10,13-14H,1-2,5-8,11-12H2. The molecule has 0 spiro atoms.